The largest absolute Gasteiger partial charge is 0.490 e. The van der Waals surface area contributed by atoms with Gasteiger partial charge < -0.3 is 14.2 Å². The molecule has 29 heavy (non-hydrogen) atoms. The van der Waals surface area contributed by atoms with Crippen LogP contribution < -0.4 is 4.74 Å². The molecule has 0 bridgehead atoms. The smallest absolute Gasteiger partial charge is 0.200 e. The van der Waals surface area contributed by atoms with Gasteiger partial charge in [-0.1, -0.05) is 50.3 Å². The Balaban J connectivity index is 1.49. The Kier molecular flexibility index (Phi) is 7.78. The summed E-state index contributed by atoms with van der Waals surface area (Å²) in [4.78, 5) is 0. The second kappa shape index (κ2) is 10.5. The Morgan fingerprint density at radius 2 is 1.90 bits per heavy atom. The van der Waals surface area contributed by atoms with Gasteiger partial charge in [0.25, 0.3) is 0 Å². The van der Waals surface area contributed by atoms with Crippen LogP contribution in [0.15, 0.2) is 43.0 Å². The van der Waals surface area contributed by atoms with Crippen molar-refractivity contribution >= 4 is 6.08 Å². The third kappa shape index (κ3) is 5.64. The number of rotatable bonds is 9. The molecule has 0 aromatic heterocycles. The maximum absolute atomic E-state index is 14.3. The monoisotopic (exact) mass is 402 g/mol. The average Bonchev–Trinajstić information content (AvgIpc) is 2.77. The van der Waals surface area contributed by atoms with E-state index in [0.717, 1.165) is 24.8 Å². The molecule has 1 aliphatic rings. The molecule has 0 aliphatic carbocycles. The molecule has 1 fully saturated rings. The van der Waals surface area contributed by atoms with Crippen molar-refractivity contribution in [3.63, 3.8) is 0 Å². The first kappa shape index (κ1) is 21.5. The molecule has 0 saturated carbocycles. The molecule has 0 N–H and O–H groups in total. The van der Waals surface area contributed by atoms with Crippen molar-refractivity contribution in [1.29, 1.82) is 0 Å². The molecule has 1 saturated heterocycles. The van der Waals surface area contributed by atoms with Gasteiger partial charge >= 0.3 is 0 Å². The van der Waals surface area contributed by atoms with Gasteiger partial charge in [-0.2, -0.15) is 4.39 Å². The summed E-state index contributed by atoms with van der Waals surface area (Å²) in [5.74, 6) is -1.63. The Hall–Kier alpha value is -2.24. The van der Waals surface area contributed by atoms with Crippen LogP contribution in [0.5, 0.6) is 5.75 Å². The van der Waals surface area contributed by atoms with E-state index in [4.69, 9.17) is 14.2 Å². The van der Waals surface area contributed by atoms with Crippen LogP contribution in [-0.4, -0.2) is 19.5 Å². The summed E-state index contributed by atoms with van der Waals surface area (Å²) < 4.78 is 45.2. The molecule has 3 nitrogen and oxygen atoms in total. The second-order valence-corrected chi connectivity index (χ2v) is 7.27. The Labute approximate surface area is 171 Å². The van der Waals surface area contributed by atoms with Crippen LogP contribution in [0.2, 0.25) is 0 Å². The van der Waals surface area contributed by atoms with E-state index in [-0.39, 0.29) is 17.9 Å². The minimum atomic E-state index is -0.963. The first-order valence-electron chi connectivity index (χ1n) is 10.2. The van der Waals surface area contributed by atoms with Crippen molar-refractivity contribution < 1.29 is 23.0 Å². The number of hydrogen-bond acceptors (Lipinski definition) is 3. The third-order valence-electron chi connectivity index (χ3n) is 5.18. The van der Waals surface area contributed by atoms with Gasteiger partial charge in [0.1, 0.15) is 0 Å². The fourth-order valence-corrected chi connectivity index (χ4v) is 3.33. The summed E-state index contributed by atoms with van der Waals surface area (Å²) in [6, 6.07) is 11.2. The van der Waals surface area contributed by atoms with E-state index in [1.165, 1.54) is 17.7 Å². The molecule has 0 spiro atoms. The lowest BCUT2D eigenvalue weighted by Gasteiger charge is -2.29. The maximum atomic E-state index is 14.3. The van der Waals surface area contributed by atoms with E-state index >= 15 is 0 Å². The Morgan fingerprint density at radius 3 is 2.55 bits per heavy atom. The van der Waals surface area contributed by atoms with Crippen molar-refractivity contribution in [3.05, 3.63) is 71.3 Å². The first-order chi connectivity index (χ1) is 14.1. The lowest BCUT2D eigenvalue weighted by molar-refractivity contribution is -0.174. The number of ether oxygens (including phenoxy) is 3. The maximum Gasteiger partial charge on any atom is 0.200 e. The molecule has 1 aliphatic heterocycles. The van der Waals surface area contributed by atoms with Gasteiger partial charge in [0.05, 0.1) is 19.8 Å². The Bertz CT molecular complexity index is 797. The van der Waals surface area contributed by atoms with Crippen molar-refractivity contribution in [2.45, 2.75) is 51.4 Å². The predicted octanol–water partition coefficient (Wildman–Crippen LogP) is 6.22. The molecule has 0 amide bonds. The molecule has 5 heteroatoms. The molecule has 0 radical (unpaired) electrons. The van der Waals surface area contributed by atoms with Gasteiger partial charge in [-0.15, -0.1) is 0 Å². The van der Waals surface area contributed by atoms with Crippen LogP contribution in [0.25, 0.3) is 6.08 Å². The average molecular weight is 402 g/mol. The van der Waals surface area contributed by atoms with E-state index in [1.54, 1.807) is 0 Å². The topological polar surface area (TPSA) is 27.7 Å². The standard InChI is InChI=1S/C24H28F2O3/c1-3-5-14-27-21-12-10-20(23(25)24(21)26)16-29-22-13-11-19(15-28-22)18-8-6-17(4-2)7-9-18/h4,6-10,12,19,22H,2-3,5,11,13-16H2,1H3. The van der Waals surface area contributed by atoms with E-state index in [1.807, 2.05) is 25.1 Å². The summed E-state index contributed by atoms with van der Waals surface area (Å²) in [5.41, 5.74) is 2.47. The predicted molar refractivity (Wildman–Crippen MR) is 110 cm³/mol. The van der Waals surface area contributed by atoms with E-state index < -0.39 is 17.9 Å². The SMILES string of the molecule is C=Cc1ccc(C2CCC(OCc3ccc(OCCCC)c(F)c3F)OC2)cc1. The molecule has 2 aromatic rings. The zero-order valence-corrected chi connectivity index (χ0v) is 16.8. The highest BCUT2D eigenvalue weighted by Gasteiger charge is 2.24. The number of unbranched alkanes of at least 4 members (excludes halogenated alkanes) is 1. The number of halogens is 2. The van der Waals surface area contributed by atoms with Crippen LogP contribution >= 0.6 is 0 Å². The zero-order valence-electron chi connectivity index (χ0n) is 16.8. The highest BCUT2D eigenvalue weighted by Crippen LogP contribution is 2.30. The second-order valence-electron chi connectivity index (χ2n) is 7.27. The number of hydrogen-bond donors (Lipinski definition) is 0. The summed E-state index contributed by atoms with van der Waals surface area (Å²) in [7, 11) is 0. The molecule has 3 rings (SSSR count). The van der Waals surface area contributed by atoms with E-state index in [0.29, 0.717) is 25.6 Å². The van der Waals surface area contributed by atoms with Crippen molar-refractivity contribution in [2.75, 3.05) is 13.2 Å². The normalized spacial score (nSPS) is 19.1. The summed E-state index contributed by atoms with van der Waals surface area (Å²) >= 11 is 0. The summed E-state index contributed by atoms with van der Waals surface area (Å²) in [6.07, 6.45) is 4.75. The van der Waals surface area contributed by atoms with Crippen molar-refractivity contribution in [1.82, 2.24) is 0 Å². The summed E-state index contributed by atoms with van der Waals surface area (Å²) in [5, 5.41) is 0. The van der Waals surface area contributed by atoms with E-state index in [9.17, 15) is 8.78 Å². The van der Waals surface area contributed by atoms with Crippen LogP contribution in [0.1, 0.15) is 55.2 Å². The highest BCUT2D eigenvalue weighted by molar-refractivity contribution is 5.47. The molecule has 2 unspecified atom stereocenters. The lowest BCUT2D eigenvalue weighted by Crippen LogP contribution is -2.27. The van der Waals surface area contributed by atoms with Gasteiger partial charge in [-0.3, -0.25) is 0 Å². The molecular weight excluding hydrogens is 374 g/mol. The van der Waals surface area contributed by atoms with Gasteiger partial charge in [0.15, 0.2) is 17.9 Å². The minimum absolute atomic E-state index is 0.0403. The van der Waals surface area contributed by atoms with Gasteiger partial charge in [-0.25, -0.2) is 4.39 Å². The molecule has 156 valence electrons. The summed E-state index contributed by atoms with van der Waals surface area (Å²) in [6.45, 7) is 6.64. The first-order valence-corrected chi connectivity index (χ1v) is 10.2. The van der Waals surface area contributed by atoms with E-state index in [2.05, 4.69) is 18.7 Å². The molecule has 2 atom stereocenters. The fourth-order valence-electron chi connectivity index (χ4n) is 3.33. The van der Waals surface area contributed by atoms with Gasteiger partial charge in [0, 0.05) is 11.5 Å². The van der Waals surface area contributed by atoms with Crippen molar-refractivity contribution in [2.24, 2.45) is 0 Å². The molecule has 1 heterocycles. The Morgan fingerprint density at radius 1 is 1.10 bits per heavy atom. The third-order valence-corrected chi connectivity index (χ3v) is 5.18. The minimum Gasteiger partial charge on any atom is -0.490 e. The van der Waals surface area contributed by atoms with Crippen LogP contribution in [-0.2, 0) is 16.1 Å². The molecular formula is C24H28F2O3. The number of benzene rings is 2. The van der Waals surface area contributed by atoms with Crippen LogP contribution in [0.4, 0.5) is 8.78 Å². The van der Waals surface area contributed by atoms with Gasteiger partial charge in [-0.05, 0) is 42.5 Å². The quantitative estimate of drug-likeness (QED) is 0.466. The highest BCUT2D eigenvalue weighted by atomic mass is 19.2. The van der Waals surface area contributed by atoms with Crippen LogP contribution in [0.3, 0.4) is 0 Å². The molecule has 2 aromatic carbocycles. The zero-order chi connectivity index (χ0) is 20.6. The van der Waals surface area contributed by atoms with Gasteiger partial charge in [0.2, 0.25) is 5.82 Å². The van der Waals surface area contributed by atoms with Crippen LogP contribution in [0, 0.1) is 11.6 Å². The fraction of sp³-hybridized carbons (Fsp3) is 0.417. The van der Waals surface area contributed by atoms with Crippen molar-refractivity contribution in [3.8, 4) is 5.75 Å². The lowest BCUT2D eigenvalue weighted by atomic mass is 9.92.